The van der Waals surface area contributed by atoms with Crippen molar-refractivity contribution < 1.29 is 106 Å². The van der Waals surface area contributed by atoms with Crippen LogP contribution in [0.5, 0.6) is 0 Å². The summed E-state index contributed by atoms with van der Waals surface area (Å²) in [7, 11) is 0. The number of ether oxygens (including phenoxy) is 10. The maximum Gasteiger partial charge on any atom is 0.408 e. The third kappa shape index (κ3) is 13.3. The van der Waals surface area contributed by atoms with Crippen LogP contribution in [0.25, 0.3) is 0 Å². The van der Waals surface area contributed by atoms with Crippen molar-refractivity contribution in [3.05, 3.63) is 82.9 Å². The van der Waals surface area contributed by atoms with Gasteiger partial charge in [0, 0.05) is 58.8 Å². The van der Waals surface area contributed by atoms with Crippen molar-refractivity contribution >= 4 is 59.6 Å². The van der Waals surface area contributed by atoms with Crippen molar-refractivity contribution in [1.29, 1.82) is 0 Å². The molecule has 0 radical (unpaired) electrons. The van der Waals surface area contributed by atoms with Gasteiger partial charge in [-0.1, -0.05) is 62.4 Å². The number of benzene rings is 2. The van der Waals surface area contributed by atoms with Crippen molar-refractivity contribution in [2.75, 3.05) is 19.8 Å². The normalized spacial score (nSPS) is 27.3. The van der Waals surface area contributed by atoms with Gasteiger partial charge in [-0.2, -0.15) is 0 Å². The quantitative estimate of drug-likeness (QED) is 0.0984. The SMILES string of the molecule is CC(=O)OCC(COC(C)=O)OC(=O)CCCC(=O)O[C@@H](C(=O)O[C@H]1C[C@@]2(O)[C@@H](OC(=O)c3ccccc3)[C@@H]3[C@]4(OC(C)=O)CO[C@@H]4C[C@H](O)[C@@]3(C)C(=O)[C@H](OC(C)=O)C(=C1C)C2(C)C)[C@@H](NC(=O)OC(C)(C)C)c1ccccc1. The van der Waals surface area contributed by atoms with Crippen LogP contribution < -0.4 is 5.32 Å². The Bertz CT molecular complexity index is 2720. The lowest BCUT2D eigenvalue weighted by molar-refractivity contribution is -0.346. The van der Waals surface area contributed by atoms with Crippen LogP contribution in [-0.4, -0.2) is 149 Å². The van der Waals surface area contributed by atoms with E-state index in [1.165, 1.54) is 52.0 Å². The molecule has 2 bridgehead atoms. The molecule has 23 nitrogen and oxygen atoms in total. The van der Waals surface area contributed by atoms with Gasteiger partial charge in [0.05, 0.1) is 29.6 Å². The number of nitrogens with one attached hydrogen (secondary N) is 1. The summed E-state index contributed by atoms with van der Waals surface area (Å²) in [5, 5.41) is 28.8. The van der Waals surface area contributed by atoms with E-state index in [9.17, 15) is 48.6 Å². The van der Waals surface area contributed by atoms with E-state index < -0.39 is 181 Å². The Morgan fingerprint density at radius 3 is 1.88 bits per heavy atom. The number of aliphatic hydroxyl groups is 2. The fourth-order valence-electron chi connectivity index (χ4n) is 11.3. The standard InChI is InChI=1S/C57H71NO22/c1-30-38(76-51(68)46(44(35-19-14-12-15-20-35)58-52(69)80-53(6,7)8)77-42(65)24-18-23-41(64)75-37(27-71-31(2)59)28-72-32(3)60)26-57(70)49(78-50(67)36-21-16-13-17-22-36)47-55(11,39(63)25-40-56(47,29-73-40)79-34(5)62)48(66)45(74-33(4)61)43(30)54(57,9)10/h12-17,19-22,37-40,44-47,49,63,70H,18,23-29H2,1-11H3,(H,58,69)/t38-,39-,40+,44-,45+,46+,47-,49-,55+,56-,57+/m0/s1. The number of rotatable bonds is 19. The number of hydrogen-bond donors (Lipinski definition) is 3. The summed E-state index contributed by atoms with van der Waals surface area (Å²) >= 11 is 0. The van der Waals surface area contributed by atoms with Gasteiger partial charge in [-0.05, 0) is 69.9 Å². The average molecular weight is 1120 g/mol. The Kier molecular flexibility index (Phi) is 19.1. The van der Waals surface area contributed by atoms with Crippen LogP contribution in [0.1, 0.15) is 130 Å². The second kappa shape index (κ2) is 24.6. The molecular weight excluding hydrogens is 1050 g/mol. The highest BCUT2D eigenvalue weighted by molar-refractivity contribution is 5.96. The van der Waals surface area contributed by atoms with E-state index in [1.54, 1.807) is 57.2 Å². The summed E-state index contributed by atoms with van der Waals surface area (Å²) in [6, 6.07) is 13.9. The van der Waals surface area contributed by atoms with E-state index in [0.717, 1.165) is 27.7 Å². The van der Waals surface area contributed by atoms with Crippen molar-refractivity contribution in [3.63, 3.8) is 0 Å². The van der Waals surface area contributed by atoms with Crippen LogP contribution in [0, 0.1) is 16.7 Å². The van der Waals surface area contributed by atoms with Gasteiger partial charge in [-0.25, -0.2) is 14.4 Å². The number of alkyl carbamates (subject to hydrolysis) is 1. The molecule has 23 heteroatoms. The molecular formula is C57H71NO22. The highest BCUT2D eigenvalue weighted by Gasteiger charge is 2.78. The number of amides is 1. The number of fused-ring (bicyclic) bond motifs is 5. The average Bonchev–Trinajstić information content (AvgIpc) is 3.51. The Balaban J connectivity index is 1.46. The van der Waals surface area contributed by atoms with Gasteiger partial charge in [0.2, 0.25) is 6.10 Å². The van der Waals surface area contributed by atoms with E-state index in [1.807, 2.05) is 0 Å². The zero-order chi connectivity index (χ0) is 59.3. The first kappa shape index (κ1) is 62.0. The first-order valence-electron chi connectivity index (χ1n) is 26.2. The molecule has 0 unspecified atom stereocenters. The molecule has 2 aromatic carbocycles. The molecule has 1 aliphatic heterocycles. The fraction of sp³-hybridized carbons (Fsp3) is 0.579. The lowest BCUT2D eigenvalue weighted by atomic mass is 9.44. The topological polar surface area (TPSA) is 315 Å². The Morgan fingerprint density at radius 2 is 1.35 bits per heavy atom. The lowest BCUT2D eigenvalue weighted by Crippen LogP contribution is -2.82. The van der Waals surface area contributed by atoms with Crippen LogP contribution in [0.3, 0.4) is 0 Å². The van der Waals surface area contributed by atoms with Gasteiger partial charge in [-0.15, -0.1) is 0 Å². The molecule has 2 saturated carbocycles. The van der Waals surface area contributed by atoms with Gasteiger partial charge < -0.3 is 62.9 Å². The molecule has 3 fully saturated rings. The number of carbonyl (C=O) groups is 10. The zero-order valence-electron chi connectivity index (χ0n) is 46.7. The molecule has 6 rings (SSSR count). The summed E-state index contributed by atoms with van der Waals surface area (Å²) < 4.78 is 57.4. The molecule has 1 heterocycles. The van der Waals surface area contributed by atoms with Gasteiger partial charge in [0.25, 0.3) is 0 Å². The number of aliphatic hydroxyl groups excluding tert-OH is 1. The van der Waals surface area contributed by atoms with E-state index in [4.69, 9.17) is 47.4 Å². The maximum atomic E-state index is 15.8. The molecule has 3 aliphatic carbocycles. The smallest absolute Gasteiger partial charge is 0.408 e. The van der Waals surface area contributed by atoms with Crippen LogP contribution >= 0.6 is 0 Å². The van der Waals surface area contributed by atoms with Crippen molar-refractivity contribution in [2.24, 2.45) is 16.7 Å². The summed E-state index contributed by atoms with van der Waals surface area (Å²) in [4.78, 5) is 136. The van der Waals surface area contributed by atoms with Crippen LogP contribution in [0.2, 0.25) is 0 Å². The number of hydrogen-bond acceptors (Lipinski definition) is 22. The molecule has 2 aromatic rings. The molecule has 0 aromatic heterocycles. The molecule has 80 heavy (non-hydrogen) atoms. The predicted octanol–water partition coefficient (Wildman–Crippen LogP) is 4.59. The number of carbonyl (C=O) groups excluding carboxylic acids is 10. The summed E-state index contributed by atoms with van der Waals surface area (Å²) in [6.07, 6.45) is -14.9. The molecule has 436 valence electrons. The summed E-state index contributed by atoms with van der Waals surface area (Å²) in [5.74, 6) is -10.1. The molecule has 1 saturated heterocycles. The first-order valence-corrected chi connectivity index (χ1v) is 26.2. The zero-order valence-corrected chi connectivity index (χ0v) is 46.7. The highest BCUT2D eigenvalue weighted by atomic mass is 16.6. The molecule has 4 aliphatic rings. The number of ketones is 1. The maximum absolute atomic E-state index is 15.8. The van der Waals surface area contributed by atoms with E-state index in [2.05, 4.69) is 5.32 Å². The minimum Gasteiger partial charge on any atom is -0.462 e. The molecule has 0 spiro atoms. The molecule has 3 N–H and O–H groups in total. The second-order valence-electron chi connectivity index (χ2n) is 22.2. The van der Waals surface area contributed by atoms with Gasteiger partial charge in [-0.3, -0.25) is 33.6 Å². The first-order chi connectivity index (χ1) is 37.4. The second-order valence-corrected chi connectivity index (χ2v) is 22.2. The number of Topliss-reactive ketones (excluding diaryl/α,β-unsaturated/α-hetero) is 1. The van der Waals surface area contributed by atoms with Gasteiger partial charge in [0.15, 0.2) is 23.6 Å². The van der Waals surface area contributed by atoms with Crippen molar-refractivity contribution in [3.8, 4) is 0 Å². The van der Waals surface area contributed by atoms with E-state index in [-0.39, 0.29) is 35.1 Å². The number of esters is 8. The minimum absolute atomic E-state index is 0.000497. The third-order valence-electron chi connectivity index (χ3n) is 15.1. The van der Waals surface area contributed by atoms with Crippen LogP contribution in [0.4, 0.5) is 4.79 Å². The van der Waals surface area contributed by atoms with Crippen molar-refractivity contribution in [1.82, 2.24) is 5.32 Å². The Morgan fingerprint density at radius 1 is 0.775 bits per heavy atom. The van der Waals surface area contributed by atoms with E-state index >= 15 is 9.59 Å². The van der Waals surface area contributed by atoms with Gasteiger partial charge in [0.1, 0.15) is 48.8 Å². The molecule has 1 amide bonds. The largest absolute Gasteiger partial charge is 0.462 e. The van der Waals surface area contributed by atoms with Gasteiger partial charge >= 0.3 is 53.8 Å². The monoisotopic (exact) mass is 1120 g/mol. The fourth-order valence-corrected chi connectivity index (χ4v) is 11.3. The van der Waals surface area contributed by atoms with Crippen LogP contribution in [0.15, 0.2) is 71.8 Å². The lowest BCUT2D eigenvalue weighted by Gasteiger charge is -2.67. The van der Waals surface area contributed by atoms with Crippen molar-refractivity contribution in [2.45, 2.75) is 174 Å². The Labute approximate surface area is 462 Å². The van der Waals surface area contributed by atoms with E-state index in [0.29, 0.717) is 0 Å². The molecule has 11 atom stereocenters. The summed E-state index contributed by atoms with van der Waals surface area (Å²) in [5.41, 5.74) is -9.32. The third-order valence-corrected chi connectivity index (χ3v) is 15.1. The highest BCUT2D eigenvalue weighted by Crippen LogP contribution is 2.64. The predicted molar refractivity (Wildman–Crippen MR) is 274 cm³/mol. The Hall–Kier alpha value is -7.24. The minimum atomic E-state index is -2.55. The van der Waals surface area contributed by atoms with Crippen LogP contribution in [-0.2, 0) is 85.7 Å². The summed E-state index contributed by atoms with van der Waals surface area (Å²) in [6.45, 7) is 13.7.